The molecule has 43 heavy (non-hydrogen) atoms. The number of nitrogens with zero attached hydrogens (tertiary/aromatic N) is 2. The smallest absolute Gasteiger partial charge is 0.197 e. The minimum atomic E-state index is 0.991. The van der Waals surface area contributed by atoms with E-state index in [-0.39, 0.29) is 0 Å². The number of benzene rings is 4. The molecule has 3 aromatic heterocycles. The van der Waals surface area contributed by atoms with Crippen molar-refractivity contribution >= 4 is 54.4 Å². The molecule has 0 radical (unpaired) electrons. The highest BCUT2D eigenvalue weighted by Gasteiger charge is 2.37. The van der Waals surface area contributed by atoms with Gasteiger partial charge in [-0.2, -0.15) is 9.13 Å². The molecule has 206 valence electrons. The molecule has 0 unspecified atom stereocenters. The van der Waals surface area contributed by atoms with E-state index in [0.29, 0.717) is 0 Å². The van der Waals surface area contributed by atoms with Gasteiger partial charge in [0.15, 0.2) is 19.3 Å². The Hall–Kier alpha value is -4.60. The van der Waals surface area contributed by atoms with Gasteiger partial charge in [-0.05, 0) is 71.3 Å². The molecule has 0 amide bonds. The van der Waals surface area contributed by atoms with E-state index >= 15 is 0 Å². The Labute approximate surface area is 255 Å². The second-order valence-electron chi connectivity index (χ2n) is 12.0. The van der Waals surface area contributed by atoms with Crippen LogP contribution in [0.3, 0.4) is 0 Å². The third-order valence-electron chi connectivity index (χ3n) is 9.93. The zero-order valence-corrected chi connectivity index (χ0v) is 25.3. The Morgan fingerprint density at radius 1 is 0.651 bits per heavy atom. The SMILES string of the molecule is Cc1c(C)c2c(c3c1CC[n+]1ccc4ccccc4c1-3)-c1cccc(/C=C/c3cccc4c3sc3ccccc34)[n+]1CC2. The van der Waals surface area contributed by atoms with Gasteiger partial charge in [0.25, 0.3) is 0 Å². The van der Waals surface area contributed by atoms with E-state index in [1.165, 1.54) is 87.0 Å². The van der Waals surface area contributed by atoms with Crippen molar-refractivity contribution in [2.75, 3.05) is 0 Å². The van der Waals surface area contributed by atoms with Gasteiger partial charge < -0.3 is 0 Å². The largest absolute Gasteiger partial charge is 0.221 e. The number of aryl methyl sites for hydroxylation is 1. The number of hydrogen-bond acceptors (Lipinski definition) is 1. The maximum absolute atomic E-state index is 2.56. The van der Waals surface area contributed by atoms with Crippen LogP contribution in [0.1, 0.15) is 33.5 Å². The van der Waals surface area contributed by atoms with E-state index in [2.05, 4.69) is 132 Å². The zero-order valence-electron chi connectivity index (χ0n) is 24.5. The molecule has 0 N–H and O–H groups in total. The van der Waals surface area contributed by atoms with Crippen LogP contribution >= 0.6 is 11.3 Å². The van der Waals surface area contributed by atoms with E-state index < -0.39 is 0 Å². The van der Waals surface area contributed by atoms with Crippen LogP contribution in [-0.4, -0.2) is 0 Å². The molecule has 3 heteroatoms. The Kier molecular flexibility index (Phi) is 5.48. The predicted molar refractivity (Wildman–Crippen MR) is 180 cm³/mol. The molecule has 7 aromatic rings. The van der Waals surface area contributed by atoms with Gasteiger partial charge in [-0.3, -0.25) is 0 Å². The van der Waals surface area contributed by atoms with E-state index in [1.807, 2.05) is 11.3 Å². The molecule has 0 bridgehead atoms. The standard InChI is InChI=1S/C40H32N2S/c1-25-26(2)31-20-23-41-22-19-27-9-3-4-12-32(27)39(41)38(31)37-30(25)21-24-42-29(11-8-15-35(37)42)18-17-28-10-7-14-34-33-13-5-6-16-36(33)43-40(28)34/h3-19,22H,20-21,23-24H2,1-2H3/q+2/b18-17+. The van der Waals surface area contributed by atoms with Crippen molar-refractivity contribution in [3.63, 3.8) is 0 Å². The average Bonchev–Trinajstić information content (AvgIpc) is 3.44. The summed E-state index contributed by atoms with van der Waals surface area (Å²) in [6.45, 7) is 6.72. The molecule has 0 fully saturated rings. The summed E-state index contributed by atoms with van der Waals surface area (Å²) >= 11 is 1.90. The van der Waals surface area contributed by atoms with E-state index in [1.54, 1.807) is 0 Å². The minimum Gasteiger partial charge on any atom is -0.197 e. The topological polar surface area (TPSA) is 7.76 Å². The Morgan fingerprint density at radius 2 is 1.40 bits per heavy atom. The van der Waals surface area contributed by atoms with Crippen molar-refractivity contribution < 1.29 is 9.13 Å². The lowest BCUT2D eigenvalue weighted by Crippen LogP contribution is -2.45. The van der Waals surface area contributed by atoms with Gasteiger partial charge in [0.1, 0.15) is 0 Å². The monoisotopic (exact) mass is 572 g/mol. The van der Waals surface area contributed by atoms with Crippen molar-refractivity contribution in [1.82, 2.24) is 0 Å². The summed E-state index contributed by atoms with van der Waals surface area (Å²) in [5.74, 6) is 0. The van der Waals surface area contributed by atoms with Gasteiger partial charge in [-0.25, -0.2) is 0 Å². The number of fused-ring (bicyclic) bond motifs is 12. The summed E-state index contributed by atoms with van der Waals surface area (Å²) < 4.78 is 7.76. The number of aromatic nitrogens is 2. The average molecular weight is 573 g/mol. The van der Waals surface area contributed by atoms with Crippen molar-refractivity contribution in [3.8, 4) is 22.5 Å². The van der Waals surface area contributed by atoms with E-state index in [9.17, 15) is 0 Å². The number of rotatable bonds is 2. The van der Waals surface area contributed by atoms with Crippen LogP contribution in [0.15, 0.2) is 97.2 Å². The van der Waals surface area contributed by atoms with Crippen LogP contribution in [0.4, 0.5) is 0 Å². The summed E-state index contributed by atoms with van der Waals surface area (Å²) in [6, 6.07) is 33.5. The molecule has 9 rings (SSSR count). The first-order valence-electron chi connectivity index (χ1n) is 15.4. The quantitative estimate of drug-likeness (QED) is 0.183. The lowest BCUT2D eigenvalue weighted by atomic mass is 9.79. The number of hydrogen-bond donors (Lipinski definition) is 0. The summed E-state index contributed by atoms with van der Waals surface area (Å²) in [7, 11) is 0. The zero-order chi connectivity index (χ0) is 28.7. The first-order chi connectivity index (χ1) is 21.2. The Bertz CT molecular complexity index is 2320. The molecule has 0 aliphatic carbocycles. The number of thiophene rings is 1. The maximum atomic E-state index is 2.56. The van der Waals surface area contributed by atoms with Crippen LogP contribution in [-0.2, 0) is 25.9 Å². The second kappa shape index (κ2) is 9.45. The molecule has 0 saturated heterocycles. The highest BCUT2D eigenvalue weighted by Crippen LogP contribution is 2.45. The number of pyridine rings is 2. The third kappa shape index (κ3) is 3.64. The van der Waals surface area contributed by atoms with Gasteiger partial charge in [-0.1, -0.05) is 54.6 Å². The van der Waals surface area contributed by atoms with Gasteiger partial charge in [-0.15, -0.1) is 11.3 Å². The van der Waals surface area contributed by atoms with Crippen molar-refractivity contribution in [2.24, 2.45) is 0 Å². The van der Waals surface area contributed by atoms with Gasteiger partial charge in [0.2, 0.25) is 17.1 Å². The highest BCUT2D eigenvalue weighted by molar-refractivity contribution is 7.26. The lowest BCUT2D eigenvalue weighted by molar-refractivity contribution is -0.690. The van der Waals surface area contributed by atoms with Crippen molar-refractivity contribution in [3.05, 3.63) is 131 Å². The van der Waals surface area contributed by atoms with Crippen molar-refractivity contribution in [1.29, 1.82) is 0 Å². The molecule has 2 aliphatic rings. The minimum absolute atomic E-state index is 0.991. The van der Waals surface area contributed by atoms with E-state index in [0.717, 1.165) is 25.9 Å². The summed E-state index contributed by atoms with van der Waals surface area (Å²) in [4.78, 5) is 0. The van der Waals surface area contributed by atoms with Gasteiger partial charge >= 0.3 is 0 Å². The molecule has 5 heterocycles. The molecular weight excluding hydrogens is 541 g/mol. The molecule has 0 saturated carbocycles. The van der Waals surface area contributed by atoms with E-state index in [4.69, 9.17) is 0 Å². The lowest BCUT2D eigenvalue weighted by Gasteiger charge is -2.27. The van der Waals surface area contributed by atoms with Gasteiger partial charge in [0, 0.05) is 57.3 Å². The van der Waals surface area contributed by atoms with Crippen LogP contribution in [0, 0.1) is 13.8 Å². The van der Waals surface area contributed by atoms with Crippen molar-refractivity contribution in [2.45, 2.75) is 39.8 Å². The van der Waals surface area contributed by atoms with Crippen LogP contribution < -0.4 is 9.13 Å². The van der Waals surface area contributed by atoms with Gasteiger partial charge in [0.05, 0.1) is 16.5 Å². The third-order valence-corrected chi connectivity index (χ3v) is 11.2. The summed E-state index contributed by atoms with van der Waals surface area (Å²) in [6.07, 6.45) is 9.08. The van der Waals surface area contributed by atoms with Crippen LogP contribution in [0.25, 0.3) is 65.6 Å². The molecule has 0 atom stereocenters. The Morgan fingerprint density at radius 3 is 2.30 bits per heavy atom. The summed E-state index contributed by atoms with van der Waals surface area (Å²) in [5.41, 5.74) is 14.2. The molecule has 4 aromatic carbocycles. The first-order valence-corrected chi connectivity index (χ1v) is 16.2. The van der Waals surface area contributed by atoms with Crippen LogP contribution in [0.2, 0.25) is 0 Å². The maximum Gasteiger partial charge on any atom is 0.221 e. The fourth-order valence-corrected chi connectivity index (χ4v) is 8.92. The normalized spacial score (nSPS) is 13.8. The highest BCUT2D eigenvalue weighted by atomic mass is 32.1. The van der Waals surface area contributed by atoms with Crippen LogP contribution in [0.5, 0.6) is 0 Å². The molecule has 2 nitrogen and oxygen atoms in total. The molecule has 0 spiro atoms. The first kappa shape index (κ1) is 24.9. The Balaban J connectivity index is 1.25. The molecule has 2 aliphatic heterocycles. The second-order valence-corrected chi connectivity index (χ2v) is 13.1. The molecular formula is C40H32N2S+2. The fraction of sp³-hybridized carbons (Fsp3) is 0.150. The predicted octanol–water partition coefficient (Wildman–Crippen LogP) is 9.02. The fourth-order valence-electron chi connectivity index (χ4n) is 7.72. The summed E-state index contributed by atoms with van der Waals surface area (Å²) in [5, 5.41) is 5.35.